The molecule has 0 amide bonds. The first-order chi connectivity index (χ1) is 8.83. The Morgan fingerprint density at radius 3 is 2.68 bits per heavy atom. The Hall–Kier alpha value is -0.600. The van der Waals surface area contributed by atoms with E-state index in [9.17, 15) is 9.50 Å². The largest absolute Gasteiger partial charge is 0.388 e. The van der Waals surface area contributed by atoms with Gasteiger partial charge < -0.3 is 5.11 Å². The SMILES string of the molecule is C[C@H]1CCCC(C)(C)[C@@H]1[C@H](O)c1ccc(Cl)c(F)c1. The average molecular weight is 285 g/mol. The predicted molar refractivity (Wildman–Crippen MR) is 76.7 cm³/mol. The van der Waals surface area contributed by atoms with Gasteiger partial charge in [0.1, 0.15) is 5.82 Å². The molecule has 3 heteroatoms. The molecule has 0 radical (unpaired) electrons. The third-order valence-corrected chi connectivity index (χ3v) is 4.93. The maximum Gasteiger partial charge on any atom is 0.142 e. The van der Waals surface area contributed by atoms with E-state index in [1.54, 1.807) is 6.07 Å². The molecule has 1 nitrogen and oxygen atoms in total. The van der Waals surface area contributed by atoms with Crippen LogP contribution >= 0.6 is 11.6 Å². The Morgan fingerprint density at radius 2 is 2.11 bits per heavy atom. The molecule has 1 saturated carbocycles. The number of hydrogen-bond acceptors (Lipinski definition) is 1. The van der Waals surface area contributed by atoms with Crippen LogP contribution in [0.1, 0.15) is 51.7 Å². The fraction of sp³-hybridized carbons (Fsp3) is 0.625. The number of halogens is 2. The van der Waals surface area contributed by atoms with Gasteiger partial charge >= 0.3 is 0 Å². The molecule has 0 spiro atoms. The molecule has 1 aromatic rings. The summed E-state index contributed by atoms with van der Waals surface area (Å²) >= 11 is 5.70. The average Bonchev–Trinajstić information content (AvgIpc) is 2.31. The van der Waals surface area contributed by atoms with Crippen molar-refractivity contribution in [1.29, 1.82) is 0 Å². The van der Waals surface area contributed by atoms with Crippen molar-refractivity contribution in [3.05, 3.63) is 34.6 Å². The van der Waals surface area contributed by atoms with Crippen LogP contribution in [-0.2, 0) is 0 Å². The van der Waals surface area contributed by atoms with Crippen LogP contribution in [0, 0.1) is 23.1 Å². The Labute approximate surface area is 119 Å². The number of rotatable bonds is 2. The summed E-state index contributed by atoms with van der Waals surface area (Å²) in [5.41, 5.74) is 0.710. The van der Waals surface area contributed by atoms with Crippen molar-refractivity contribution >= 4 is 11.6 Å². The lowest BCUT2D eigenvalue weighted by molar-refractivity contribution is -0.0294. The van der Waals surface area contributed by atoms with Crippen LogP contribution in [0.5, 0.6) is 0 Å². The number of hydrogen-bond donors (Lipinski definition) is 1. The van der Waals surface area contributed by atoms with Crippen LogP contribution in [0.3, 0.4) is 0 Å². The Morgan fingerprint density at radius 1 is 1.42 bits per heavy atom. The minimum absolute atomic E-state index is 0.0766. The third-order valence-electron chi connectivity index (χ3n) is 4.62. The maximum absolute atomic E-state index is 13.6. The highest BCUT2D eigenvalue weighted by molar-refractivity contribution is 6.30. The normalized spacial score (nSPS) is 28.1. The molecule has 1 aliphatic rings. The number of benzene rings is 1. The molecule has 0 aliphatic heterocycles. The molecule has 1 aliphatic carbocycles. The van der Waals surface area contributed by atoms with Gasteiger partial charge in [0.15, 0.2) is 0 Å². The van der Waals surface area contributed by atoms with Gasteiger partial charge in [-0.05, 0) is 41.4 Å². The van der Waals surface area contributed by atoms with E-state index in [2.05, 4.69) is 20.8 Å². The molecule has 0 bridgehead atoms. The Balaban J connectivity index is 2.30. The lowest BCUT2D eigenvalue weighted by Crippen LogP contribution is -2.37. The minimum atomic E-state index is -0.628. The summed E-state index contributed by atoms with van der Waals surface area (Å²) in [6.07, 6.45) is 2.81. The van der Waals surface area contributed by atoms with Gasteiger partial charge in [-0.1, -0.05) is 51.3 Å². The van der Waals surface area contributed by atoms with E-state index in [4.69, 9.17) is 11.6 Å². The molecule has 106 valence electrons. The van der Waals surface area contributed by atoms with Crippen LogP contribution < -0.4 is 0 Å². The highest BCUT2D eigenvalue weighted by atomic mass is 35.5. The summed E-state index contributed by atoms with van der Waals surface area (Å²) in [6.45, 7) is 6.58. The van der Waals surface area contributed by atoms with Gasteiger partial charge in [-0.3, -0.25) is 0 Å². The fourth-order valence-corrected chi connectivity index (χ4v) is 3.76. The van der Waals surface area contributed by atoms with E-state index in [1.807, 2.05) is 0 Å². The second kappa shape index (κ2) is 5.41. The molecule has 1 aromatic carbocycles. The van der Waals surface area contributed by atoms with Gasteiger partial charge in [-0.15, -0.1) is 0 Å². The molecule has 1 N–H and O–H groups in total. The highest BCUT2D eigenvalue weighted by Crippen LogP contribution is 2.49. The van der Waals surface area contributed by atoms with Crippen LogP contribution in [0.15, 0.2) is 18.2 Å². The summed E-state index contributed by atoms with van der Waals surface area (Å²) < 4.78 is 13.6. The quantitative estimate of drug-likeness (QED) is 0.812. The first-order valence-electron chi connectivity index (χ1n) is 6.96. The summed E-state index contributed by atoms with van der Waals surface area (Å²) in [5.74, 6) is 0.138. The standard InChI is InChI=1S/C16H22ClFO/c1-10-5-4-8-16(2,3)14(10)15(19)11-6-7-12(17)13(18)9-11/h6-7,9-10,14-15,19H,4-5,8H2,1-3H3/t10-,14-,15+/m0/s1. The molecule has 0 unspecified atom stereocenters. The van der Waals surface area contributed by atoms with Crippen LogP contribution in [0.4, 0.5) is 4.39 Å². The third kappa shape index (κ3) is 2.95. The molecular weight excluding hydrogens is 263 g/mol. The van der Waals surface area contributed by atoms with E-state index in [0.29, 0.717) is 11.5 Å². The summed E-state index contributed by atoms with van der Waals surface area (Å²) in [6, 6.07) is 4.62. The van der Waals surface area contributed by atoms with Gasteiger partial charge in [0.2, 0.25) is 0 Å². The van der Waals surface area contributed by atoms with Crippen molar-refractivity contribution in [1.82, 2.24) is 0 Å². The van der Waals surface area contributed by atoms with Gasteiger partial charge in [0.25, 0.3) is 0 Å². The number of aliphatic hydroxyl groups excluding tert-OH is 1. The van der Waals surface area contributed by atoms with Crippen molar-refractivity contribution in [2.75, 3.05) is 0 Å². The van der Waals surface area contributed by atoms with Crippen molar-refractivity contribution in [2.45, 2.75) is 46.1 Å². The van der Waals surface area contributed by atoms with Gasteiger partial charge in [-0.2, -0.15) is 0 Å². The second-order valence-electron chi connectivity index (χ2n) is 6.50. The zero-order valence-corrected chi connectivity index (χ0v) is 12.5. The minimum Gasteiger partial charge on any atom is -0.388 e. The number of aliphatic hydroxyl groups is 1. The monoisotopic (exact) mass is 284 g/mol. The van der Waals surface area contributed by atoms with Gasteiger partial charge in [0.05, 0.1) is 11.1 Å². The van der Waals surface area contributed by atoms with Crippen molar-refractivity contribution in [3.8, 4) is 0 Å². The molecule has 0 aromatic heterocycles. The first kappa shape index (κ1) is 14.8. The summed E-state index contributed by atoms with van der Waals surface area (Å²) in [4.78, 5) is 0. The molecular formula is C16H22ClFO. The second-order valence-corrected chi connectivity index (χ2v) is 6.91. The van der Waals surface area contributed by atoms with Crippen LogP contribution in [0.2, 0.25) is 5.02 Å². The Kier molecular flexibility index (Phi) is 4.22. The van der Waals surface area contributed by atoms with Crippen molar-refractivity contribution < 1.29 is 9.50 Å². The summed E-state index contributed by atoms with van der Waals surface area (Å²) in [7, 11) is 0. The molecule has 1 fully saturated rings. The van der Waals surface area contributed by atoms with Crippen LogP contribution in [0.25, 0.3) is 0 Å². The lowest BCUT2D eigenvalue weighted by Gasteiger charge is -2.45. The molecule has 19 heavy (non-hydrogen) atoms. The van der Waals surface area contributed by atoms with E-state index < -0.39 is 11.9 Å². The zero-order valence-electron chi connectivity index (χ0n) is 11.8. The van der Waals surface area contributed by atoms with E-state index in [1.165, 1.54) is 18.6 Å². The van der Waals surface area contributed by atoms with Gasteiger partial charge in [0, 0.05) is 0 Å². The fourth-order valence-electron chi connectivity index (χ4n) is 3.64. The van der Waals surface area contributed by atoms with Crippen molar-refractivity contribution in [3.63, 3.8) is 0 Å². The topological polar surface area (TPSA) is 20.2 Å². The zero-order chi connectivity index (χ0) is 14.2. The van der Waals surface area contributed by atoms with E-state index >= 15 is 0 Å². The molecule has 2 rings (SSSR count). The predicted octanol–water partition coefficient (Wildman–Crippen LogP) is 4.97. The summed E-state index contributed by atoms with van der Waals surface area (Å²) in [5, 5.41) is 10.8. The molecule has 3 atom stereocenters. The highest BCUT2D eigenvalue weighted by Gasteiger charge is 2.41. The van der Waals surface area contributed by atoms with E-state index in [0.717, 1.165) is 12.8 Å². The lowest BCUT2D eigenvalue weighted by atomic mass is 9.61. The van der Waals surface area contributed by atoms with Crippen LogP contribution in [-0.4, -0.2) is 5.11 Å². The van der Waals surface area contributed by atoms with Gasteiger partial charge in [-0.25, -0.2) is 4.39 Å². The smallest absolute Gasteiger partial charge is 0.142 e. The molecule has 0 heterocycles. The molecule has 0 saturated heterocycles. The van der Waals surface area contributed by atoms with Crippen molar-refractivity contribution in [2.24, 2.45) is 17.3 Å². The maximum atomic E-state index is 13.6. The Bertz CT molecular complexity index is 458. The first-order valence-corrected chi connectivity index (χ1v) is 7.34. The van der Waals surface area contributed by atoms with E-state index in [-0.39, 0.29) is 16.4 Å².